The van der Waals surface area contributed by atoms with E-state index in [1.807, 2.05) is 4.90 Å². The first-order valence-electron chi connectivity index (χ1n) is 7.10. The van der Waals surface area contributed by atoms with Crippen LogP contribution in [0.5, 0.6) is 0 Å². The first-order valence-corrected chi connectivity index (χ1v) is 7.48. The van der Waals surface area contributed by atoms with Crippen molar-refractivity contribution in [2.45, 2.75) is 31.8 Å². The SMILES string of the molecule is C=C(Cl)CN(CC(=O)N1CCCC1)CC1CCCO1. The van der Waals surface area contributed by atoms with Crippen LogP contribution in [0.4, 0.5) is 0 Å². The van der Waals surface area contributed by atoms with Gasteiger partial charge in [-0.15, -0.1) is 0 Å². The van der Waals surface area contributed by atoms with Crippen molar-refractivity contribution in [2.75, 3.05) is 39.3 Å². The Labute approximate surface area is 120 Å². The number of hydrogen-bond acceptors (Lipinski definition) is 3. The summed E-state index contributed by atoms with van der Waals surface area (Å²) in [7, 11) is 0. The van der Waals surface area contributed by atoms with E-state index in [0.29, 0.717) is 18.1 Å². The van der Waals surface area contributed by atoms with Gasteiger partial charge < -0.3 is 9.64 Å². The lowest BCUT2D eigenvalue weighted by molar-refractivity contribution is -0.131. The van der Waals surface area contributed by atoms with Crippen molar-refractivity contribution in [3.05, 3.63) is 11.6 Å². The molecule has 0 aromatic heterocycles. The Morgan fingerprint density at radius 2 is 2.05 bits per heavy atom. The minimum absolute atomic E-state index is 0.202. The van der Waals surface area contributed by atoms with Gasteiger partial charge in [-0.2, -0.15) is 0 Å². The van der Waals surface area contributed by atoms with Crippen molar-refractivity contribution >= 4 is 17.5 Å². The Kier molecular flexibility index (Phi) is 5.67. The molecule has 1 amide bonds. The Balaban J connectivity index is 1.84. The molecular formula is C14H23ClN2O2. The first-order chi connectivity index (χ1) is 9.15. The summed E-state index contributed by atoms with van der Waals surface area (Å²) in [5.41, 5.74) is 0. The highest BCUT2D eigenvalue weighted by Gasteiger charge is 2.24. The van der Waals surface area contributed by atoms with Crippen LogP contribution >= 0.6 is 11.6 Å². The van der Waals surface area contributed by atoms with Crippen LogP contribution in [-0.2, 0) is 9.53 Å². The third-order valence-corrected chi connectivity index (χ3v) is 3.82. The maximum absolute atomic E-state index is 12.2. The summed E-state index contributed by atoms with van der Waals surface area (Å²) >= 11 is 5.90. The number of rotatable bonds is 6. The van der Waals surface area contributed by atoms with Crippen LogP contribution < -0.4 is 0 Å². The molecular weight excluding hydrogens is 264 g/mol. The fourth-order valence-corrected chi connectivity index (χ4v) is 2.93. The zero-order valence-corrected chi connectivity index (χ0v) is 12.2. The molecule has 0 aromatic carbocycles. The minimum Gasteiger partial charge on any atom is -0.377 e. The molecule has 2 rings (SSSR count). The fraction of sp³-hybridized carbons (Fsp3) is 0.786. The molecule has 0 spiro atoms. The normalized spacial score (nSPS) is 23.3. The van der Waals surface area contributed by atoms with Gasteiger partial charge in [0.25, 0.3) is 0 Å². The van der Waals surface area contributed by atoms with Gasteiger partial charge in [0.2, 0.25) is 5.91 Å². The van der Waals surface area contributed by atoms with Crippen molar-refractivity contribution in [2.24, 2.45) is 0 Å². The van der Waals surface area contributed by atoms with Crippen LogP contribution in [0, 0.1) is 0 Å². The first kappa shape index (κ1) is 14.8. The maximum Gasteiger partial charge on any atom is 0.236 e. The van der Waals surface area contributed by atoms with Crippen LogP contribution in [0.25, 0.3) is 0 Å². The molecule has 1 atom stereocenters. The van der Waals surface area contributed by atoms with E-state index in [1.54, 1.807) is 0 Å². The van der Waals surface area contributed by atoms with Crippen LogP contribution in [-0.4, -0.2) is 61.1 Å². The van der Waals surface area contributed by atoms with Crippen molar-refractivity contribution in [3.8, 4) is 0 Å². The molecule has 2 fully saturated rings. The average Bonchev–Trinajstić information content (AvgIpc) is 3.00. The number of likely N-dealkylation sites (tertiary alicyclic amines) is 1. The third kappa shape index (κ3) is 4.79. The Hall–Kier alpha value is -0.580. The van der Waals surface area contributed by atoms with Gasteiger partial charge in [0.05, 0.1) is 12.6 Å². The minimum atomic E-state index is 0.202. The lowest BCUT2D eigenvalue weighted by Gasteiger charge is -2.26. The lowest BCUT2D eigenvalue weighted by atomic mass is 10.2. The van der Waals surface area contributed by atoms with Gasteiger partial charge in [0, 0.05) is 37.8 Å². The van der Waals surface area contributed by atoms with Crippen LogP contribution in [0.3, 0.4) is 0 Å². The monoisotopic (exact) mass is 286 g/mol. The van der Waals surface area contributed by atoms with E-state index in [9.17, 15) is 4.79 Å². The van der Waals surface area contributed by atoms with Gasteiger partial charge in [-0.25, -0.2) is 0 Å². The number of carbonyl (C=O) groups excluding carboxylic acids is 1. The summed E-state index contributed by atoms with van der Waals surface area (Å²) < 4.78 is 5.63. The standard InChI is InChI=1S/C14H23ClN2O2/c1-12(15)9-16(10-13-5-4-8-19-13)11-14(18)17-6-2-3-7-17/h13H,1-11H2. The summed E-state index contributed by atoms with van der Waals surface area (Å²) in [6.07, 6.45) is 4.67. The topological polar surface area (TPSA) is 32.8 Å². The molecule has 0 bridgehead atoms. The summed E-state index contributed by atoms with van der Waals surface area (Å²) in [5, 5.41) is 0.576. The highest BCUT2D eigenvalue weighted by Crippen LogP contribution is 2.15. The molecule has 0 radical (unpaired) electrons. The van der Waals surface area contributed by atoms with Gasteiger partial charge in [-0.05, 0) is 25.7 Å². The van der Waals surface area contributed by atoms with Crippen molar-refractivity contribution in [1.82, 2.24) is 9.80 Å². The second-order valence-electron chi connectivity index (χ2n) is 5.41. The smallest absolute Gasteiger partial charge is 0.236 e. The number of carbonyl (C=O) groups is 1. The largest absolute Gasteiger partial charge is 0.377 e. The number of amides is 1. The van der Waals surface area contributed by atoms with E-state index in [2.05, 4.69) is 11.5 Å². The Morgan fingerprint density at radius 1 is 1.32 bits per heavy atom. The molecule has 0 N–H and O–H groups in total. The van der Waals surface area contributed by atoms with Gasteiger partial charge in [0.15, 0.2) is 0 Å². The highest BCUT2D eigenvalue weighted by molar-refractivity contribution is 6.29. The van der Waals surface area contributed by atoms with Crippen LogP contribution in [0.15, 0.2) is 11.6 Å². The van der Waals surface area contributed by atoms with Gasteiger partial charge >= 0.3 is 0 Å². The molecule has 1 unspecified atom stereocenters. The number of nitrogens with zero attached hydrogens (tertiary/aromatic N) is 2. The molecule has 0 saturated carbocycles. The number of halogens is 1. The van der Waals surface area contributed by atoms with E-state index < -0.39 is 0 Å². The molecule has 108 valence electrons. The highest BCUT2D eigenvalue weighted by atomic mass is 35.5. The van der Waals surface area contributed by atoms with Gasteiger partial charge in [-0.3, -0.25) is 9.69 Å². The molecule has 0 aliphatic carbocycles. The quantitative estimate of drug-likeness (QED) is 0.747. The van der Waals surface area contributed by atoms with E-state index >= 15 is 0 Å². The van der Waals surface area contributed by atoms with Crippen molar-refractivity contribution in [1.29, 1.82) is 0 Å². The Morgan fingerprint density at radius 3 is 2.63 bits per heavy atom. The van der Waals surface area contributed by atoms with Gasteiger partial charge in [0.1, 0.15) is 0 Å². The zero-order valence-electron chi connectivity index (χ0n) is 11.4. The van der Waals surface area contributed by atoms with E-state index in [1.165, 1.54) is 0 Å². The molecule has 2 aliphatic heterocycles. The maximum atomic E-state index is 12.2. The van der Waals surface area contributed by atoms with Gasteiger partial charge in [-0.1, -0.05) is 18.2 Å². The summed E-state index contributed by atoms with van der Waals surface area (Å²) in [6.45, 7) is 8.11. The summed E-state index contributed by atoms with van der Waals surface area (Å²) in [4.78, 5) is 16.2. The molecule has 2 saturated heterocycles. The van der Waals surface area contributed by atoms with Crippen molar-refractivity contribution in [3.63, 3.8) is 0 Å². The zero-order chi connectivity index (χ0) is 13.7. The molecule has 19 heavy (non-hydrogen) atoms. The number of ether oxygens (including phenoxy) is 1. The van der Waals surface area contributed by atoms with Crippen molar-refractivity contribution < 1.29 is 9.53 Å². The van der Waals surface area contributed by atoms with E-state index in [-0.39, 0.29) is 12.0 Å². The van der Waals surface area contributed by atoms with Crippen LogP contribution in [0.2, 0.25) is 0 Å². The predicted octanol–water partition coefficient (Wildman–Crippen LogP) is 1.84. The summed E-state index contributed by atoms with van der Waals surface area (Å²) in [6, 6.07) is 0. The molecule has 0 aromatic rings. The van der Waals surface area contributed by atoms with E-state index in [0.717, 1.165) is 51.9 Å². The fourth-order valence-electron chi connectivity index (χ4n) is 2.76. The molecule has 5 heteroatoms. The molecule has 2 aliphatic rings. The second-order valence-corrected chi connectivity index (χ2v) is 5.94. The molecule has 2 heterocycles. The average molecular weight is 287 g/mol. The second kappa shape index (κ2) is 7.27. The lowest BCUT2D eigenvalue weighted by Crippen LogP contribution is -2.42. The number of hydrogen-bond donors (Lipinski definition) is 0. The molecule has 4 nitrogen and oxygen atoms in total. The third-order valence-electron chi connectivity index (χ3n) is 3.70. The predicted molar refractivity (Wildman–Crippen MR) is 76.2 cm³/mol. The summed E-state index contributed by atoms with van der Waals surface area (Å²) in [5.74, 6) is 0.202. The van der Waals surface area contributed by atoms with Crippen LogP contribution in [0.1, 0.15) is 25.7 Å². The van der Waals surface area contributed by atoms with E-state index in [4.69, 9.17) is 16.3 Å². The Bertz CT molecular complexity index is 323.